The van der Waals surface area contributed by atoms with Crippen molar-refractivity contribution in [1.82, 2.24) is 9.80 Å². The lowest BCUT2D eigenvalue weighted by Gasteiger charge is -2.40. The highest BCUT2D eigenvalue weighted by Gasteiger charge is 2.25. The number of hydrogen-bond acceptors (Lipinski definition) is 2. The fourth-order valence-corrected chi connectivity index (χ4v) is 4.60. The van der Waals surface area contributed by atoms with Gasteiger partial charge in [-0.3, -0.25) is 0 Å². The third-order valence-electron chi connectivity index (χ3n) is 6.41. The van der Waals surface area contributed by atoms with Crippen molar-refractivity contribution in [2.24, 2.45) is 5.92 Å². The number of nitrogens with zero attached hydrogens (tertiary/aromatic N) is 2. The molecule has 1 aliphatic heterocycles. The largest absolute Gasteiger partial charge is 0.368 e. The number of hydrogen-bond donors (Lipinski definition) is 0. The zero-order valence-corrected chi connectivity index (χ0v) is 17.9. The molecule has 1 fully saturated rings. The molecule has 0 amide bonds. The predicted molar refractivity (Wildman–Crippen MR) is 121 cm³/mol. The minimum Gasteiger partial charge on any atom is -0.368 e. The Morgan fingerprint density at radius 2 is 2.07 bits per heavy atom. The van der Waals surface area contributed by atoms with E-state index in [1.807, 2.05) is 0 Å². The summed E-state index contributed by atoms with van der Waals surface area (Å²) in [4.78, 5) is 5.27. The van der Waals surface area contributed by atoms with E-state index in [1.165, 1.54) is 62.2 Å². The molecule has 0 aromatic heterocycles. The highest BCUT2D eigenvalue weighted by molar-refractivity contribution is 5.28. The van der Waals surface area contributed by atoms with Gasteiger partial charge >= 0.3 is 0 Å². The van der Waals surface area contributed by atoms with E-state index in [0.29, 0.717) is 6.04 Å². The van der Waals surface area contributed by atoms with Crippen LogP contribution in [0.15, 0.2) is 66.4 Å². The van der Waals surface area contributed by atoms with Crippen LogP contribution in [0.5, 0.6) is 0 Å². The maximum Gasteiger partial charge on any atom is 0.0507 e. The first-order valence-corrected chi connectivity index (χ1v) is 11.2. The van der Waals surface area contributed by atoms with E-state index < -0.39 is 0 Å². The average molecular weight is 379 g/mol. The zero-order valence-electron chi connectivity index (χ0n) is 17.9. The van der Waals surface area contributed by atoms with Crippen LogP contribution < -0.4 is 0 Å². The van der Waals surface area contributed by atoms with Crippen molar-refractivity contribution < 1.29 is 0 Å². The highest BCUT2D eigenvalue weighted by atomic mass is 15.2. The number of benzene rings is 1. The number of allylic oxidation sites excluding steroid dienone is 3. The number of rotatable bonds is 9. The van der Waals surface area contributed by atoms with E-state index in [2.05, 4.69) is 78.8 Å². The molecule has 3 rings (SSSR count). The lowest BCUT2D eigenvalue weighted by molar-refractivity contribution is 0.138. The Morgan fingerprint density at radius 3 is 2.79 bits per heavy atom. The molecule has 1 aromatic rings. The minimum atomic E-state index is 0.434. The van der Waals surface area contributed by atoms with Gasteiger partial charge in [0.15, 0.2) is 0 Å². The van der Waals surface area contributed by atoms with Crippen LogP contribution in [0.1, 0.15) is 51.5 Å². The first kappa shape index (κ1) is 20.9. The third-order valence-corrected chi connectivity index (χ3v) is 6.41. The Hall–Kier alpha value is -1.80. The molecule has 0 saturated carbocycles. The van der Waals surface area contributed by atoms with Gasteiger partial charge in [-0.25, -0.2) is 0 Å². The average Bonchev–Trinajstić information content (AvgIpc) is 2.76. The maximum absolute atomic E-state index is 4.41. The maximum atomic E-state index is 4.41. The monoisotopic (exact) mass is 378 g/mol. The SMILES string of the molecule is C=C(CC)N(CC1CCCN(CCc2ccccc2)C1)C(C)C1=CCCC=C1. The fourth-order valence-electron chi connectivity index (χ4n) is 4.60. The summed E-state index contributed by atoms with van der Waals surface area (Å²) in [5.41, 5.74) is 4.21. The van der Waals surface area contributed by atoms with Crippen LogP contribution in [0.3, 0.4) is 0 Å². The molecule has 2 nitrogen and oxygen atoms in total. The Kier molecular flexibility index (Phi) is 7.97. The molecule has 28 heavy (non-hydrogen) atoms. The summed E-state index contributed by atoms with van der Waals surface area (Å²) in [6.45, 7) is 13.8. The Morgan fingerprint density at radius 1 is 1.25 bits per heavy atom. The van der Waals surface area contributed by atoms with Crippen LogP contribution >= 0.6 is 0 Å². The van der Waals surface area contributed by atoms with Gasteiger partial charge in [-0.1, -0.05) is 62.1 Å². The van der Waals surface area contributed by atoms with Gasteiger partial charge < -0.3 is 9.80 Å². The molecule has 2 heteroatoms. The zero-order chi connectivity index (χ0) is 19.8. The third kappa shape index (κ3) is 5.85. The van der Waals surface area contributed by atoms with Crippen molar-refractivity contribution in [2.75, 3.05) is 26.2 Å². The van der Waals surface area contributed by atoms with Crippen LogP contribution in [0.25, 0.3) is 0 Å². The molecule has 0 radical (unpaired) electrons. The van der Waals surface area contributed by atoms with E-state index >= 15 is 0 Å². The summed E-state index contributed by atoms with van der Waals surface area (Å²) in [6, 6.07) is 11.3. The van der Waals surface area contributed by atoms with Gasteiger partial charge in [-0.15, -0.1) is 0 Å². The van der Waals surface area contributed by atoms with Crippen LogP contribution in [0.4, 0.5) is 0 Å². The lowest BCUT2D eigenvalue weighted by atomic mass is 9.94. The summed E-state index contributed by atoms with van der Waals surface area (Å²) in [6.07, 6.45) is 14.3. The van der Waals surface area contributed by atoms with E-state index in [1.54, 1.807) is 0 Å². The van der Waals surface area contributed by atoms with Gasteiger partial charge in [-0.2, -0.15) is 0 Å². The molecule has 1 saturated heterocycles. The second-order valence-electron chi connectivity index (χ2n) is 8.48. The standard InChI is InChI=1S/C26H38N2/c1-4-22(2)28(23(3)26-15-9-6-10-16-26)21-25-14-11-18-27(20-25)19-17-24-12-7-5-8-13-24/h5,7-9,12-13,15-16,23,25H,2,4,6,10-11,14,17-21H2,1,3H3. The smallest absolute Gasteiger partial charge is 0.0507 e. The molecule has 0 bridgehead atoms. The second-order valence-corrected chi connectivity index (χ2v) is 8.48. The molecule has 1 aliphatic carbocycles. The molecule has 0 N–H and O–H groups in total. The molecule has 2 aliphatic rings. The van der Waals surface area contributed by atoms with Crippen LogP contribution in [-0.2, 0) is 6.42 Å². The highest BCUT2D eigenvalue weighted by Crippen LogP contribution is 2.26. The molecular formula is C26H38N2. The molecule has 1 aromatic carbocycles. The Bertz CT molecular complexity index is 673. The van der Waals surface area contributed by atoms with E-state index in [-0.39, 0.29) is 0 Å². The summed E-state index contributed by atoms with van der Waals surface area (Å²) < 4.78 is 0. The molecule has 2 atom stereocenters. The van der Waals surface area contributed by atoms with Crippen LogP contribution in [0.2, 0.25) is 0 Å². The molecule has 1 heterocycles. The number of piperidine rings is 1. The first-order valence-electron chi connectivity index (χ1n) is 11.2. The van der Waals surface area contributed by atoms with Gasteiger partial charge in [-0.05, 0) is 69.0 Å². The molecule has 2 unspecified atom stereocenters. The van der Waals surface area contributed by atoms with Crippen molar-refractivity contribution in [3.05, 3.63) is 72.0 Å². The first-order chi connectivity index (χ1) is 13.7. The molecule has 152 valence electrons. The Labute approximate surface area is 172 Å². The van der Waals surface area contributed by atoms with Gasteiger partial charge in [0.05, 0.1) is 6.04 Å². The predicted octanol–water partition coefficient (Wildman–Crippen LogP) is 5.83. The second kappa shape index (κ2) is 10.7. The van der Waals surface area contributed by atoms with Crippen molar-refractivity contribution >= 4 is 0 Å². The molecule has 0 spiro atoms. The summed E-state index contributed by atoms with van der Waals surface area (Å²) in [5, 5.41) is 0. The van der Waals surface area contributed by atoms with Gasteiger partial charge in [0, 0.05) is 25.3 Å². The van der Waals surface area contributed by atoms with E-state index in [4.69, 9.17) is 0 Å². The topological polar surface area (TPSA) is 6.48 Å². The van der Waals surface area contributed by atoms with Gasteiger partial charge in [0.1, 0.15) is 0 Å². The summed E-state index contributed by atoms with van der Waals surface area (Å²) >= 11 is 0. The number of likely N-dealkylation sites (tertiary alicyclic amines) is 1. The minimum absolute atomic E-state index is 0.434. The quantitative estimate of drug-likeness (QED) is 0.533. The van der Waals surface area contributed by atoms with Gasteiger partial charge in [0.2, 0.25) is 0 Å². The van der Waals surface area contributed by atoms with E-state index in [0.717, 1.165) is 25.3 Å². The van der Waals surface area contributed by atoms with Crippen LogP contribution in [0, 0.1) is 5.92 Å². The normalized spacial score (nSPS) is 21.2. The summed E-state index contributed by atoms with van der Waals surface area (Å²) in [7, 11) is 0. The van der Waals surface area contributed by atoms with E-state index in [9.17, 15) is 0 Å². The van der Waals surface area contributed by atoms with Crippen molar-refractivity contribution in [3.8, 4) is 0 Å². The van der Waals surface area contributed by atoms with Crippen molar-refractivity contribution in [2.45, 2.75) is 58.4 Å². The summed E-state index contributed by atoms with van der Waals surface area (Å²) in [5.74, 6) is 0.739. The van der Waals surface area contributed by atoms with Crippen LogP contribution in [-0.4, -0.2) is 42.0 Å². The van der Waals surface area contributed by atoms with Crippen molar-refractivity contribution in [1.29, 1.82) is 0 Å². The fraction of sp³-hybridized carbons (Fsp3) is 0.538. The van der Waals surface area contributed by atoms with Crippen molar-refractivity contribution in [3.63, 3.8) is 0 Å². The molecular weight excluding hydrogens is 340 g/mol. The lowest BCUT2D eigenvalue weighted by Crippen LogP contribution is -2.44. The van der Waals surface area contributed by atoms with Gasteiger partial charge in [0.25, 0.3) is 0 Å². The Balaban J connectivity index is 1.57.